The van der Waals surface area contributed by atoms with Gasteiger partial charge in [-0.05, 0) is 39.4 Å². The number of hydrogen-bond acceptors (Lipinski definition) is 4. The molecule has 0 aliphatic rings. The highest BCUT2D eigenvalue weighted by Gasteiger charge is 2.10. The van der Waals surface area contributed by atoms with Crippen LogP contribution in [0.1, 0.15) is 40.0 Å². The monoisotopic (exact) mass is 260 g/mol. The van der Waals surface area contributed by atoms with Gasteiger partial charge in [-0.15, -0.1) is 0 Å². The fourth-order valence-electron chi connectivity index (χ4n) is 1.87. The number of carbonyl (C=O) groups is 1. The lowest BCUT2D eigenvalue weighted by Crippen LogP contribution is -2.35. The fourth-order valence-corrected chi connectivity index (χ4v) is 1.87. The second kappa shape index (κ2) is 10.3. The number of aliphatic hydroxyl groups excluding tert-OH is 1. The van der Waals surface area contributed by atoms with Crippen molar-refractivity contribution in [2.45, 2.75) is 52.2 Å². The quantitative estimate of drug-likeness (QED) is 0.515. The van der Waals surface area contributed by atoms with Crippen molar-refractivity contribution in [3.05, 3.63) is 0 Å². The molecule has 0 spiro atoms. The third-order valence-electron chi connectivity index (χ3n) is 3.12. The lowest BCUT2D eigenvalue weighted by Gasteiger charge is -2.20. The van der Waals surface area contributed by atoms with E-state index >= 15 is 0 Å². The Kier molecular flexibility index (Phi) is 9.92. The Morgan fingerprint density at radius 2 is 1.94 bits per heavy atom. The lowest BCUT2D eigenvalue weighted by atomic mass is 10.1. The van der Waals surface area contributed by atoms with Gasteiger partial charge in [-0.2, -0.15) is 0 Å². The Morgan fingerprint density at radius 1 is 1.33 bits per heavy atom. The minimum atomic E-state index is -0.960. The van der Waals surface area contributed by atoms with Gasteiger partial charge in [-0.3, -0.25) is 4.79 Å². The average Bonchev–Trinajstić information content (AvgIpc) is 2.31. The molecule has 108 valence electrons. The first-order valence-electron chi connectivity index (χ1n) is 6.85. The number of carboxylic acids is 1. The zero-order valence-electron chi connectivity index (χ0n) is 11.9. The summed E-state index contributed by atoms with van der Waals surface area (Å²) in [6, 6.07) is 0.309. The van der Waals surface area contributed by atoms with Crippen LogP contribution in [-0.4, -0.2) is 59.4 Å². The van der Waals surface area contributed by atoms with Crippen LogP contribution in [0.2, 0.25) is 0 Å². The standard InChI is InChI=1S/C13H28N2O3/c1-4-15(5-2)8-6-7-11(3)14-10-12(16)9-13(17)18/h11-12,14,16H,4-10H2,1-3H3,(H,17,18). The number of rotatable bonds is 11. The van der Waals surface area contributed by atoms with Crippen LogP contribution in [-0.2, 0) is 4.79 Å². The molecule has 3 N–H and O–H groups in total. The van der Waals surface area contributed by atoms with Crippen molar-refractivity contribution in [2.24, 2.45) is 0 Å². The van der Waals surface area contributed by atoms with Crippen LogP contribution in [0.3, 0.4) is 0 Å². The molecule has 0 aromatic heterocycles. The van der Waals surface area contributed by atoms with Crippen molar-refractivity contribution < 1.29 is 15.0 Å². The van der Waals surface area contributed by atoms with E-state index in [1.165, 1.54) is 0 Å². The van der Waals surface area contributed by atoms with Crippen molar-refractivity contribution in [1.29, 1.82) is 0 Å². The first-order valence-corrected chi connectivity index (χ1v) is 6.85. The van der Waals surface area contributed by atoms with Crippen molar-refractivity contribution in [3.63, 3.8) is 0 Å². The SMILES string of the molecule is CCN(CC)CCCC(C)NCC(O)CC(=O)O. The summed E-state index contributed by atoms with van der Waals surface area (Å²) in [7, 11) is 0. The maximum atomic E-state index is 10.4. The first-order chi connectivity index (χ1) is 8.49. The summed E-state index contributed by atoms with van der Waals surface area (Å²) in [4.78, 5) is 12.8. The van der Waals surface area contributed by atoms with Crippen LogP contribution in [0.4, 0.5) is 0 Å². The Bertz CT molecular complexity index is 220. The molecule has 0 heterocycles. The molecule has 0 saturated heterocycles. The van der Waals surface area contributed by atoms with Crippen LogP contribution in [0.5, 0.6) is 0 Å². The van der Waals surface area contributed by atoms with Gasteiger partial charge < -0.3 is 20.4 Å². The molecular formula is C13H28N2O3. The second-order valence-corrected chi connectivity index (χ2v) is 4.73. The van der Waals surface area contributed by atoms with Gasteiger partial charge in [0.05, 0.1) is 12.5 Å². The average molecular weight is 260 g/mol. The molecule has 0 radical (unpaired) electrons. The van der Waals surface area contributed by atoms with Crippen LogP contribution in [0.15, 0.2) is 0 Å². The largest absolute Gasteiger partial charge is 0.481 e. The summed E-state index contributed by atoms with van der Waals surface area (Å²) in [5.74, 6) is -0.960. The molecule has 18 heavy (non-hydrogen) atoms. The van der Waals surface area contributed by atoms with E-state index in [9.17, 15) is 9.90 Å². The lowest BCUT2D eigenvalue weighted by molar-refractivity contribution is -0.139. The number of aliphatic hydroxyl groups is 1. The molecule has 0 aromatic rings. The van der Waals surface area contributed by atoms with E-state index in [2.05, 4.69) is 31.0 Å². The molecule has 0 rings (SSSR count). The summed E-state index contributed by atoms with van der Waals surface area (Å²) < 4.78 is 0. The van der Waals surface area contributed by atoms with Gasteiger partial charge in [0.25, 0.3) is 0 Å². The summed E-state index contributed by atoms with van der Waals surface area (Å²) in [6.07, 6.45) is 1.16. The maximum absolute atomic E-state index is 10.4. The second-order valence-electron chi connectivity index (χ2n) is 4.73. The van der Waals surface area contributed by atoms with Gasteiger partial charge in [-0.25, -0.2) is 0 Å². The van der Waals surface area contributed by atoms with E-state index in [-0.39, 0.29) is 6.42 Å². The van der Waals surface area contributed by atoms with Crippen LogP contribution < -0.4 is 5.32 Å². The Labute approximate surface area is 110 Å². The molecule has 0 aromatic carbocycles. The number of nitrogens with one attached hydrogen (secondary N) is 1. The highest BCUT2D eigenvalue weighted by molar-refractivity contribution is 5.67. The third kappa shape index (κ3) is 9.39. The van der Waals surface area contributed by atoms with E-state index in [1.54, 1.807) is 0 Å². The molecule has 0 aliphatic carbocycles. The summed E-state index contributed by atoms with van der Waals surface area (Å²) >= 11 is 0. The highest BCUT2D eigenvalue weighted by atomic mass is 16.4. The molecule has 0 aliphatic heterocycles. The van der Waals surface area contributed by atoms with Crippen LogP contribution >= 0.6 is 0 Å². The molecule has 5 heteroatoms. The van der Waals surface area contributed by atoms with E-state index < -0.39 is 12.1 Å². The van der Waals surface area contributed by atoms with Crippen molar-refractivity contribution in [2.75, 3.05) is 26.2 Å². The predicted molar refractivity (Wildman–Crippen MR) is 72.7 cm³/mol. The zero-order chi connectivity index (χ0) is 14.0. The zero-order valence-corrected chi connectivity index (χ0v) is 11.9. The minimum absolute atomic E-state index is 0.195. The van der Waals surface area contributed by atoms with Crippen molar-refractivity contribution in [1.82, 2.24) is 10.2 Å². The maximum Gasteiger partial charge on any atom is 0.306 e. The first kappa shape index (κ1) is 17.4. The topological polar surface area (TPSA) is 72.8 Å². The number of nitrogens with zero attached hydrogens (tertiary/aromatic N) is 1. The molecule has 2 atom stereocenters. The molecule has 0 amide bonds. The Morgan fingerprint density at radius 3 is 2.44 bits per heavy atom. The molecule has 0 bridgehead atoms. The minimum Gasteiger partial charge on any atom is -0.481 e. The Balaban J connectivity index is 3.59. The summed E-state index contributed by atoms with van der Waals surface area (Å²) in [6.45, 7) is 9.98. The Hall–Kier alpha value is -0.650. The van der Waals surface area contributed by atoms with Crippen molar-refractivity contribution in [3.8, 4) is 0 Å². The van der Waals surface area contributed by atoms with Gasteiger partial charge in [0.2, 0.25) is 0 Å². The highest BCUT2D eigenvalue weighted by Crippen LogP contribution is 2.00. The summed E-state index contributed by atoms with van der Waals surface area (Å²) in [5, 5.41) is 21.1. The number of aliphatic carboxylic acids is 1. The third-order valence-corrected chi connectivity index (χ3v) is 3.12. The summed E-state index contributed by atoms with van der Waals surface area (Å²) in [5.41, 5.74) is 0. The predicted octanol–water partition coefficient (Wildman–Crippen LogP) is 0.922. The van der Waals surface area contributed by atoms with Gasteiger partial charge >= 0.3 is 5.97 Å². The van der Waals surface area contributed by atoms with Gasteiger partial charge in [0.15, 0.2) is 0 Å². The number of hydrogen-bond donors (Lipinski definition) is 3. The van der Waals surface area contributed by atoms with Gasteiger partial charge in [0.1, 0.15) is 0 Å². The van der Waals surface area contributed by atoms with Crippen LogP contribution in [0, 0.1) is 0 Å². The van der Waals surface area contributed by atoms with E-state index in [0.717, 1.165) is 32.5 Å². The van der Waals surface area contributed by atoms with Crippen LogP contribution in [0.25, 0.3) is 0 Å². The molecule has 0 saturated carbocycles. The van der Waals surface area contributed by atoms with Crippen molar-refractivity contribution >= 4 is 5.97 Å². The van der Waals surface area contributed by atoms with Gasteiger partial charge in [0, 0.05) is 12.6 Å². The molecular weight excluding hydrogens is 232 g/mol. The smallest absolute Gasteiger partial charge is 0.306 e. The molecule has 2 unspecified atom stereocenters. The van der Waals surface area contributed by atoms with E-state index in [1.807, 2.05) is 0 Å². The molecule has 5 nitrogen and oxygen atoms in total. The normalized spacial score (nSPS) is 14.7. The number of carboxylic acid groups (broad SMARTS) is 1. The van der Waals surface area contributed by atoms with Gasteiger partial charge in [-0.1, -0.05) is 13.8 Å². The fraction of sp³-hybridized carbons (Fsp3) is 0.923. The van der Waals surface area contributed by atoms with E-state index in [4.69, 9.17) is 5.11 Å². The molecule has 0 fully saturated rings. The van der Waals surface area contributed by atoms with E-state index in [0.29, 0.717) is 12.6 Å².